The molecule has 2 fully saturated rings. The predicted molar refractivity (Wildman–Crippen MR) is 68.2 cm³/mol. The molecular formula is C14H23NO3. The van der Waals surface area contributed by atoms with Crippen molar-refractivity contribution in [2.45, 2.75) is 57.8 Å². The molecule has 2 rings (SSSR count). The monoisotopic (exact) mass is 253 g/mol. The second kappa shape index (κ2) is 5.72. The minimum atomic E-state index is -0.771. The van der Waals surface area contributed by atoms with Gasteiger partial charge in [0, 0.05) is 19.5 Å². The van der Waals surface area contributed by atoms with Crippen LogP contribution in [0.5, 0.6) is 0 Å². The van der Waals surface area contributed by atoms with Crippen molar-refractivity contribution < 1.29 is 14.7 Å². The number of nitrogens with zero attached hydrogens (tertiary/aromatic N) is 1. The quantitative estimate of drug-likeness (QED) is 0.840. The number of carbonyl (C=O) groups is 2. The summed E-state index contributed by atoms with van der Waals surface area (Å²) < 4.78 is 0. The maximum atomic E-state index is 12.2. The van der Waals surface area contributed by atoms with E-state index >= 15 is 0 Å². The van der Waals surface area contributed by atoms with Crippen LogP contribution in [0.4, 0.5) is 0 Å². The summed E-state index contributed by atoms with van der Waals surface area (Å²) in [5.74, 6) is -0.716. The van der Waals surface area contributed by atoms with Gasteiger partial charge in [-0.3, -0.25) is 9.59 Å². The second-order valence-electron chi connectivity index (χ2n) is 5.76. The SMILES string of the molecule is O=C(CC1(C(=O)O)CCCCC1)N1CCCCC1. The van der Waals surface area contributed by atoms with Gasteiger partial charge in [0.2, 0.25) is 5.91 Å². The summed E-state index contributed by atoms with van der Waals surface area (Å²) in [5.41, 5.74) is -0.771. The van der Waals surface area contributed by atoms with Gasteiger partial charge in [-0.2, -0.15) is 0 Å². The maximum Gasteiger partial charge on any atom is 0.310 e. The molecule has 0 atom stereocenters. The molecule has 0 radical (unpaired) electrons. The molecule has 2 aliphatic rings. The molecule has 1 heterocycles. The largest absolute Gasteiger partial charge is 0.481 e. The smallest absolute Gasteiger partial charge is 0.310 e. The van der Waals surface area contributed by atoms with Crippen LogP contribution in [0.3, 0.4) is 0 Å². The van der Waals surface area contributed by atoms with Crippen molar-refractivity contribution in [3.63, 3.8) is 0 Å². The van der Waals surface area contributed by atoms with Gasteiger partial charge in [0.05, 0.1) is 5.41 Å². The molecule has 0 spiro atoms. The van der Waals surface area contributed by atoms with Crippen molar-refractivity contribution in [3.05, 3.63) is 0 Å². The fourth-order valence-corrected chi connectivity index (χ4v) is 3.24. The average molecular weight is 253 g/mol. The number of carboxylic acids is 1. The Balaban J connectivity index is 1.99. The van der Waals surface area contributed by atoms with Gasteiger partial charge < -0.3 is 10.0 Å². The lowest BCUT2D eigenvalue weighted by Gasteiger charge is -2.35. The van der Waals surface area contributed by atoms with Crippen LogP contribution >= 0.6 is 0 Å². The minimum Gasteiger partial charge on any atom is -0.481 e. The summed E-state index contributed by atoms with van der Waals surface area (Å²) in [6.45, 7) is 1.63. The van der Waals surface area contributed by atoms with Crippen LogP contribution in [-0.2, 0) is 9.59 Å². The molecule has 0 unspecified atom stereocenters. The Labute approximate surface area is 108 Å². The fourth-order valence-electron chi connectivity index (χ4n) is 3.24. The number of amides is 1. The molecule has 0 bridgehead atoms. The zero-order valence-corrected chi connectivity index (χ0v) is 11.0. The lowest BCUT2D eigenvalue weighted by atomic mass is 9.71. The van der Waals surface area contributed by atoms with Crippen molar-refractivity contribution in [3.8, 4) is 0 Å². The van der Waals surface area contributed by atoms with Crippen molar-refractivity contribution >= 4 is 11.9 Å². The molecule has 1 aliphatic carbocycles. The third-order valence-electron chi connectivity index (χ3n) is 4.46. The van der Waals surface area contributed by atoms with Gasteiger partial charge in [-0.25, -0.2) is 0 Å². The number of hydrogen-bond acceptors (Lipinski definition) is 2. The van der Waals surface area contributed by atoms with Crippen LogP contribution in [0.15, 0.2) is 0 Å². The Hall–Kier alpha value is -1.06. The first-order valence-corrected chi connectivity index (χ1v) is 7.15. The van der Waals surface area contributed by atoms with Gasteiger partial charge in [-0.05, 0) is 32.1 Å². The topological polar surface area (TPSA) is 57.6 Å². The summed E-state index contributed by atoms with van der Waals surface area (Å²) >= 11 is 0. The van der Waals surface area contributed by atoms with Crippen molar-refractivity contribution in [1.82, 2.24) is 4.90 Å². The van der Waals surface area contributed by atoms with E-state index in [1.165, 1.54) is 6.42 Å². The zero-order valence-electron chi connectivity index (χ0n) is 11.0. The first-order valence-electron chi connectivity index (χ1n) is 7.15. The molecule has 0 aromatic rings. The number of piperidine rings is 1. The molecule has 102 valence electrons. The van der Waals surface area contributed by atoms with Crippen LogP contribution in [0.2, 0.25) is 0 Å². The number of carbonyl (C=O) groups excluding carboxylic acids is 1. The molecule has 0 aromatic carbocycles. The average Bonchev–Trinajstić information content (AvgIpc) is 2.40. The van der Waals surface area contributed by atoms with Gasteiger partial charge in [-0.1, -0.05) is 19.3 Å². The Morgan fingerprint density at radius 3 is 2.06 bits per heavy atom. The Morgan fingerprint density at radius 1 is 0.944 bits per heavy atom. The first-order chi connectivity index (χ1) is 8.64. The van der Waals surface area contributed by atoms with Gasteiger partial charge in [0.25, 0.3) is 0 Å². The molecule has 1 saturated carbocycles. The fraction of sp³-hybridized carbons (Fsp3) is 0.857. The highest BCUT2D eigenvalue weighted by Gasteiger charge is 2.42. The molecule has 1 aliphatic heterocycles. The number of hydrogen-bond donors (Lipinski definition) is 1. The predicted octanol–water partition coefficient (Wildman–Crippen LogP) is 2.42. The van der Waals surface area contributed by atoms with Crippen LogP contribution in [0.25, 0.3) is 0 Å². The van der Waals surface area contributed by atoms with Crippen molar-refractivity contribution in [2.75, 3.05) is 13.1 Å². The molecule has 1 N–H and O–H groups in total. The molecule has 4 nitrogen and oxygen atoms in total. The van der Waals surface area contributed by atoms with Gasteiger partial charge >= 0.3 is 5.97 Å². The van der Waals surface area contributed by atoms with E-state index in [4.69, 9.17) is 0 Å². The van der Waals surface area contributed by atoms with Crippen LogP contribution in [0, 0.1) is 5.41 Å². The third kappa shape index (κ3) is 2.85. The number of carboxylic acid groups (broad SMARTS) is 1. The number of rotatable bonds is 3. The minimum absolute atomic E-state index is 0.0546. The highest BCUT2D eigenvalue weighted by Crippen LogP contribution is 2.40. The summed E-state index contributed by atoms with van der Waals surface area (Å²) in [4.78, 5) is 25.6. The van der Waals surface area contributed by atoms with Gasteiger partial charge in [0.15, 0.2) is 0 Å². The number of aliphatic carboxylic acids is 1. The molecular weight excluding hydrogens is 230 g/mol. The van der Waals surface area contributed by atoms with Crippen LogP contribution < -0.4 is 0 Å². The van der Waals surface area contributed by atoms with Crippen molar-refractivity contribution in [1.29, 1.82) is 0 Å². The number of likely N-dealkylation sites (tertiary alicyclic amines) is 1. The summed E-state index contributed by atoms with van der Waals surface area (Å²) in [6, 6.07) is 0. The van der Waals surface area contributed by atoms with Crippen LogP contribution in [-0.4, -0.2) is 35.0 Å². The van der Waals surface area contributed by atoms with E-state index in [0.29, 0.717) is 12.8 Å². The standard InChI is InChI=1S/C14H23NO3/c16-12(15-9-5-2-6-10-15)11-14(13(17)18)7-3-1-4-8-14/h1-11H2,(H,17,18). The lowest BCUT2D eigenvalue weighted by molar-refractivity contribution is -0.156. The Morgan fingerprint density at radius 2 is 1.50 bits per heavy atom. The van der Waals surface area contributed by atoms with E-state index < -0.39 is 11.4 Å². The van der Waals surface area contributed by atoms with Crippen LogP contribution in [0.1, 0.15) is 57.8 Å². The highest BCUT2D eigenvalue weighted by atomic mass is 16.4. The molecule has 18 heavy (non-hydrogen) atoms. The van der Waals surface area contributed by atoms with Gasteiger partial charge in [-0.15, -0.1) is 0 Å². The maximum absolute atomic E-state index is 12.2. The summed E-state index contributed by atoms with van der Waals surface area (Å²) in [6.07, 6.45) is 7.85. The zero-order chi connectivity index (χ0) is 13.0. The highest BCUT2D eigenvalue weighted by molar-refractivity contribution is 5.85. The van der Waals surface area contributed by atoms with E-state index in [0.717, 1.165) is 45.2 Å². The van der Waals surface area contributed by atoms with E-state index in [9.17, 15) is 14.7 Å². The summed E-state index contributed by atoms with van der Waals surface area (Å²) in [5, 5.41) is 9.47. The van der Waals surface area contributed by atoms with E-state index in [-0.39, 0.29) is 12.3 Å². The normalized spacial score (nSPS) is 23.7. The molecule has 1 amide bonds. The second-order valence-corrected chi connectivity index (χ2v) is 5.76. The van der Waals surface area contributed by atoms with E-state index in [2.05, 4.69) is 0 Å². The molecule has 4 heteroatoms. The Bertz CT molecular complexity index is 315. The third-order valence-corrected chi connectivity index (χ3v) is 4.46. The summed E-state index contributed by atoms with van der Waals surface area (Å²) in [7, 11) is 0. The van der Waals surface area contributed by atoms with Crippen molar-refractivity contribution in [2.24, 2.45) is 5.41 Å². The lowest BCUT2D eigenvalue weighted by Crippen LogP contribution is -2.42. The van der Waals surface area contributed by atoms with Gasteiger partial charge in [0.1, 0.15) is 0 Å². The molecule has 1 saturated heterocycles. The van der Waals surface area contributed by atoms with E-state index in [1.807, 2.05) is 4.90 Å². The molecule has 0 aromatic heterocycles. The Kier molecular flexibility index (Phi) is 4.25. The first kappa shape index (κ1) is 13.4. The van der Waals surface area contributed by atoms with E-state index in [1.54, 1.807) is 0 Å².